The third-order valence-corrected chi connectivity index (χ3v) is 7.96. The number of amides is 1. The Morgan fingerprint density at radius 1 is 1.16 bits per heavy atom. The van der Waals surface area contributed by atoms with Gasteiger partial charge in [0, 0.05) is 22.4 Å². The van der Waals surface area contributed by atoms with E-state index >= 15 is 0 Å². The van der Waals surface area contributed by atoms with Crippen LogP contribution in [-0.4, -0.2) is 48.1 Å². The maximum atomic E-state index is 12.1. The second kappa shape index (κ2) is 5.95. The molecular weight excluding hydrogens is 360 g/mol. The average Bonchev–Trinajstić information content (AvgIpc) is 3.28. The summed E-state index contributed by atoms with van der Waals surface area (Å²) in [5, 5.41) is 0.473. The Hall–Kier alpha value is -1.67. The third kappa shape index (κ3) is 3.25. The molecule has 1 aromatic carbocycles. The lowest BCUT2D eigenvalue weighted by Gasteiger charge is -2.24. The SMILES string of the molecule is CC(=O)c1ccc(N2C(=NC(=O)C3CC3)S[C@@H]3CS(=O)(=O)C[C@H]32)cc1. The number of carbonyl (C=O) groups is 2. The van der Waals surface area contributed by atoms with Crippen molar-refractivity contribution in [3.05, 3.63) is 29.8 Å². The van der Waals surface area contributed by atoms with Crippen LogP contribution in [0.1, 0.15) is 30.1 Å². The Morgan fingerprint density at radius 3 is 2.44 bits per heavy atom. The Morgan fingerprint density at radius 2 is 1.84 bits per heavy atom. The van der Waals surface area contributed by atoms with Crippen LogP contribution in [0.5, 0.6) is 0 Å². The van der Waals surface area contributed by atoms with Gasteiger partial charge in [-0.3, -0.25) is 9.59 Å². The summed E-state index contributed by atoms with van der Waals surface area (Å²) in [6.45, 7) is 1.50. The predicted octanol–water partition coefficient (Wildman–Crippen LogP) is 1.90. The number of amidine groups is 1. The van der Waals surface area contributed by atoms with Crippen molar-refractivity contribution < 1.29 is 18.0 Å². The first kappa shape index (κ1) is 16.8. The van der Waals surface area contributed by atoms with E-state index in [1.54, 1.807) is 24.3 Å². The largest absolute Gasteiger partial charge is 0.316 e. The fourth-order valence-electron chi connectivity index (χ4n) is 3.24. The van der Waals surface area contributed by atoms with Crippen LogP contribution in [0.15, 0.2) is 29.3 Å². The number of anilines is 1. The first-order chi connectivity index (χ1) is 11.8. The number of benzene rings is 1. The quantitative estimate of drug-likeness (QED) is 0.747. The molecule has 0 spiro atoms. The minimum Gasteiger partial charge on any atom is -0.316 e. The molecule has 0 radical (unpaired) electrons. The van der Waals surface area contributed by atoms with E-state index in [1.807, 2.05) is 4.90 Å². The first-order valence-corrected chi connectivity index (χ1v) is 10.9. The average molecular weight is 378 g/mol. The maximum Gasteiger partial charge on any atom is 0.251 e. The number of fused-ring (bicyclic) bond motifs is 1. The van der Waals surface area contributed by atoms with E-state index in [2.05, 4.69) is 4.99 Å². The van der Waals surface area contributed by atoms with Crippen LogP contribution >= 0.6 is 11.8 Å². The van der Waals surface area contributed by atoms with E-state index in [9.17, 15) is 18.0 Å². The molecule has 0 unspecified atom stereocenters. The number of aliphatic imine (C=N–C) groups is 1. The number of carbonyl (C=O) groups excluding carboxylic acids is 2. The molecule has 1 saturated carbocycles. The highest BCUT2D eigenvalue weighted by Crippen LogP contribution is 2.41. The van der Waals surface area contributed by atoms with Gasteiger partial charge in [-0.2, -0.15) is 4.99 Å². The normalized spacial score (nSPS) is 29.0. The van der Waals surface area contributed by atoms with Crippen molar-refractivity contribution in [2.75, 3.05) is 16.4 Å². The lowest BCUT2D eigenvalue weighted by atomic mass is 10.1. The van der Waals surface area contributed by atoms with Gasteiger partial charge in [0.2, 0.25) is 0 Å². The molecule has 2 atom stereocenters. The Balaban J connectivity index is 1.70. The maximum absolute atomic E-state index is 12.1. The number of Topliss-reactive ketones (excluding diaryl/α,β-unsaturated/α-hetero) is 1. The molecule has 1 aliphatic carbocycles. The van der Waals surface area contributed by atoms with Gasteiger partial charge in [0.25, 0.3) is 5.91 Å². The van der Waals surface area contributed by atoms with Crippen molar-refractivity contribution in [3.63, 3.8) is 0 Å². The molecule has 3 fully saturated rings. The van der Waals surface area contributed by atoms with Crippen LogP contribution in [0, 0.1) is 5.92 Å². The van der Waals surface area contributed by atoms with Crippen molar-refractivity contribution in [2.45, 2.75) is 31.1 Å². The van der Waals surface area contributed by atoms with E-state index in [4.69, 9.17) is 0 Å². The van der Waals surface area contributed by atoms with E-state index < -0.39 is 9.84 Å². The van der Waals surface area contributed by atoms with Gasteiger partial charge in [0.1, 0.15) is 0 Å². The molecule has 0 bridgehead atoms. The van der Waals surface area contributed by atoms with Gasteiger partial charge in [-0.15, -0.1) is 0 Å². The molecule has 1 amide bonds. The zero-order valence-corrected chi connectivity index (χ0v) is 15.3. The Bertz CT molecular complexity index is 872. The molecule has 25 heavy (non-hydrogen) atoms. The molecule has 132 valence electrons. The summed E-state index contributed by atoms with van der Waals surface area (Å²) in [6, 6.07) is 6.81. The minimum absolute atomic E-state index is 0.0264. The lowest BCUT2D eigenvalue weighted by molar-refractivity contribution is -0.118. The van der Waals surface area contributed by atoms with Gasteiger partial charge in [-0.1, -0.05) is 11.8 Å². The Kier molecular flexibility index (Phi) is 3.99. The highest BCUT2D eigenvalue weighted by Gasteiger charge is 2.49. The molecule has 3 aliphatic rings. The van der Waals surface area contributed by atoms with Gasteiger partial charge < -0.3 is 4.90 Å². The van der Waals surface area contributed by atoms with E-state index in [-0.39, 0.29) is 40.4 Å². The number of nitrogens with zero attached hydrogens (tertiary/aromatic N) is 2. The third-order valence-electron chi connectivity index (χ3n) is 4.75. The monoisotopic (exact) mass is 378 g/mol. The standard InChI is InChI=1S/C17H18N2O4S2/c1-10(20)11-4-6-13(7-5-11)19-14-8-25(22,23)9-15(14)24-17(19)18-16(21)12-2-3-12/h4-7,12,14-15H,2-3,8-9H2,1H3/t14-,15-/m1/s1. The zero-order valence-electron chi connectivity index (χ0n) is 13.7. The van der Waals surface area contributed by atoms with Crippen LogP contribution in [0.4, 0.5) is 5.69 Å². The highest BCUT2D eigenvalue weighted by atomic mass is 32.2. The van der Waals surface area contributed by atoms with Crippen LogP contribution < -0.4 is 4.90 Å². The summed E-state index contributed by atoms with van der Waals surface area (Å²) < 4.78 is 24.0. The summed E-state index contributed by atoms with van der Waals surface area (Å²) in [5.41, 5.74) is 1.36. The lowest BCUT2D eigenvalue weighted by Crippen LogP contribution is -2.37. The van der Waals surface area contributed by atoms with Crippen LogP contribution in [0.25, 0.3) is 0 Å². The molecule has 0 aromatic heterocycles. The van der Waals surface area contributed by atoms with E-state index in [1.165, 1.54) is 18.7 Å². The summed E-state index contributed by atoms with van der Waals surface area (Å²) in [6.07, 6.45) is 1.77. The number of ketones is 1. The van der Waals surface area contributed by atoms with Gasteiger partial charge >= 0.3 is 0 Å². The molecule has 4 rings (SSSR count). The molecule has 0 N–H and O–H groups in total. The van der Waals surface area contributed by atoms with Crippen molar-refractivity contribution in [1.29, 1.82) is 0 Å². The Labute approximate surface area is 150 Å². The van der Waals surface area contributed by atoms with E-state index in [0.717, 1.165) is 18.5 Å². The molecule has 2 aliphatic heterocycles. The zero-order chi connectivity index (χ0) is 17.8. The second-order valence-corrected chi connectivity index (χ2v) is 10.1. The smallest absolute Gasteiger partial charge is 0.251 e. The van der Waals surface area contributed by atoms with E-state index in [0.29, 0.717) is 10.7 Å². The summed E-state index contributed by atoms with van der Waals surface area (Å²) in [4.78, 5) is 29.8. The number of hydrogen-bond donors (Lipinski definition) is 0. The summed E-state index contributed by atoms with van der Waals surface area (Å²) in [7, 11) is -3.08. The molecular formula is C17H18N2O4S2. The molecule has 6 nitrogen and oxygen atoms in total. The summed E-state index contributed by atoms with van der Waals surface area (Å²) >= 11 is 1.38. The topological polar surface area (TPSA) is 83.9 Å². The number of hydrogen-bond acceptors (Lipinski definition) is 5. The highest BCUT2D eigenvalue weighted by molar-refractivity contribution is 8.16. The van der Waals surface area contributed by atoms with Crippen molar-refractivity contribution in [3.8, 4) is 0 Å². The first-order valence-electron chi connectivity index (χ1n) is 8.24. The molecule has 2 heterocycles. The fourth-order valence-corrected chi connectivity index (χ4v) is 7.16. The van der Waals surface area contributed by atoms with Crippen molar-refractivity contribution >= 4 is 44.1 Å². The van der Waals surface area contributed by atoms with Crippen molar-refractivity contribution in [1.82, 2.24) is 0 Å². The predicted molar refractivity (Wildman–Crippen MR) is 97.9 cm³/mol. The molecule has 8 heteroatoms. The van der Waals surface area contributed by atoms with Crippen LogP contribution in [0.3, 0.4) is 0 Å². The fraction of sp³-hybridized carbons (Fsp3) is 0.471. The van der Waals surface area contributed by atoms with Gasteiger partial charge in [0.15, 0.2) is 20.8 Å². The van der Waals surface area contributed by atoms with Gasteiger partial charge in [-0.05, 0) is 44.0 Å². The minimum atomic E-state index is -3.08. The number of sulfone groups is 1. The van der Waals surface area contributed by atoms with Gasteiger partial charge in [0.05, 0.1) is 17.5 Å². The number of rotatable bonds is 3. The van der Waals surface area contributed by atoms with Crippen LogP contribution in [0.2, 0.25) is 0 Å². The van der Waals surface area contributed by atoms with Crippen LogP contribution in [-0.2, 0) is 14.6 Å². The van der Waals surface area contributed by atoms with Gasteiger partial charge in [-0.25, -0.2) is 8.42 Å². The van der Waals surface area contributed by atoms with Crippen molar-refractivity contribution in [2.24, 2.45) is 10.9 Å². The molecule has 2 saturated heterocycles. The molecule has 1 aromatic rings. The second-order valence-electron chi connectivity index (χ2n) is 6.78. The number of thioether (sulfide) groups is 1. The summed E-state index contributed by atoms with van der Waals surface area (Å²) in [5.74, 6) is 0.0629.